The molecule has 14 heteroatoms. The van der Waals surface area contributed by atoms with Crippen LogP contribution in [0.3, 0.4) is 0 Å². The summed E-state index contributed by atoms with van der Waals surface area (Å²) in [6.45, 7) is 9.97. The van der Waals surface area contributed by atoms with Crippen LogP contribution in [0.25, 0.3) is 11.0 Å². The molecule has 0 atom stereocenters. The molecule has 48 heavy (non-hydrogen) atoms. The average molecular weight is 710 g/mol. The highest BCUT2D eigenvalue weighted by Gasteiger charge is 2.42. The molecule has 5 rings (SSSR count). The number of anilines is 3. The summed E-state index contributed by atoms with van der Waals surface area (Å²) in [5.41, 5.74) is 1.80. The number of fused-ring (bicyclic) bond motifs is 1. The molecule has 260 valence electrons. The van der Waals surface area contributed by atoms with E-state index in [0.717, 1.165) is 0 Å². The molecule has 0 bridgehead atoms. The molecule has 3 N–H and O–H groups in total. The zero-order valence-electron chi connectivity index (χ0n) is 27.9. The normalized spacial score (nSPS) is 19.9. The van der Waals surface area contributed by atoms with Crippen molar-refractivity contribution in [3.05, 3.63) is 45.4 Å². The maximum absolute atomic E-state index is 13.8. The lowest BCUT2D eigenvalue weighted by Crippen LogP contribution is -2.40. The largest absolute Gasteiger partial charge is 0.391 e. The van der Waals surface area contributed by atoms with Crippen molar-refractivity contribution < 1.29 is 27.6 Å². The van der Waals surface area contributed by atoms with Crippen LogP contribution in [0, 0.1) is 16.7 Å². The van der Waals surface area contributed by atoms with Crippen molar-refractivity contribution in [2.75, 3.05) is 16.8 Å². The van der Waals surface area contributed by atoms with Crippen LogP contribution in [0.15, 0.2) is 24.3 Å². The molecule has 3 aromatic rings. The monoisotopic (exact) mass is 708 g/mol. The van der Waals surface area contributed by atoms with Crippen LogP contribution in [0.4, 0.5) is 30.5 Å². The first kappa shape index (κ1) is 35.8. The van der Waals surface area contributed by atoms with Crippen LogP contribution in [0.2, 0.25) is 10.0 Å². The number of benzene rings is 2. The van der Waals surface area contributed by atoms with Crippen molar-refractivity contribution in [1.82, 2.24) is 20.2 Å². The Bertz CT molecular complexity index is 1760. The lowest BCUT2D eigenvalue weighted by molar-refractivity contribution is -0.182. The number of hydrogen-bond acceptors (Lipinski definition) is 5. The molecule has 2 fully saturated rings. The first-order valence-corrected chi connectivity index (χ1v) is 16.7. The minimum atomic E-state index is -4.25. The third kappa shape index (κ3) is 7.54. The van der Waals surface area contributed by atoms with Gasteiger partial charge in [-0.1, -0.05) is 63.9 Å². The van der Waals surface area contributed by atoms with Crippen molar-refractivity contribution in [2.24, 2.45) is 23.8 Å². The van der Waals surface area contributed by atoms with Gasteiger partial charge in [0.1, 0.15) is 0 Å². The first-order chi connectivity index (χ1) is 22.2. The number of aromatic nitrogens is 2. The Morgan fingerprint density at radius 3 is 2.31 bits per heavy atom. The maximum Gasteiger partial charge on any atom is 0.391 e. The molecule has 0 spiro atoms. The van der Waals surface area contributed by atoms with Gasteiger partial charge >= 0.3 is 6.18 Å². The van der Waals surface area contributed by atoms with E-state index in [1.807, 2.05) is 34.6 Å². The summed E-state index contributed by atoms with van der Waals surface area (Å²) < 4.78 is 41.5. The molecule has 1 aliphatic carbocycles. The Balaban J connectivity index is 1.47. The Labute approximate surface area is 287 Å². The number of carbonyl (C=O) groups excluding carboxylic acids is 3. The summed E-state index contributed by atoms with van der Waals surface area (Å²) in [6, 6.07) is 6.32. The number of imidazole rings is 1. The second-order valence-corrected chi connectivity index (χ2v) is 15.5. The van der Waals surface area contributed by atoms with Gasteiger partial charge in [-0.25, -0.2) is 4.98 Å². The van der Waals surface area contributed by atoms with Gasteiger partial charge in [0, 0.05) is 38.0 Å². The van der Waals surface area contributed by atoms with Gasteiger partial charge < -0.3 is 25.4 Å². The third-order valence-corrected chi connectivity index (χ3v) is 9.85. The van der Waals surface area contributed by atoms with Crippen molar-refractivity contribution in [2.45, 2.75) is 85.5 Å². The van der Waals surface area contributed by atoms with E-state index in [4.69, 9.17) is 28.2 Å². The minimum absolute atomic E-state index is 0.0519. The van der Waals surface area contributed by atoms with Gasteiger partial charge in [-0.15, -0.1) is 0 Å². The van der Waals surface area contributed by atoms with Crippen LogP contribution in [-0.2, 0) is 23.2 Å². The molecule has 2 aromatic carbocycles. The third-order valence-electron chi connectivity index (χ3n) is 9.10. The van der Waals surface area contributed by atoms with E-state index in [9.17, 15) is 27.6 Å². The van der Waals surface area contributed by atoms with Gasteiger partial charge in [0.15, 0.2) is 0 Å². The van der Waals surface area contributed by atoms with Gasteiger partial charge in [0.05, 0.1) is 43.9 Å². The van der Waals surface area contributed by atoms with E-state index < -0.39 is 29.5 Å². The highest BCUT2D eigenvalue weighted by atomic mass is 35.5. The van der Waals surface area contributed by atoms with Crippen LogP contribution >= 0.6 is 23.2 Å². The second-order valence-electron chi connectivity index (χ2n) is 14.7. The summed E-state index contributed by atoms with van der Waals surface area (Å²) in [7, 11) is 1.77. The smallest absolute Gasteiger partial charge is 0.352 e. The Morgan fingerprint density at radius 2 is 1.73 bits per heavy atom. The lowest BCUT2D eigenvalue weighted by Gasteiger charge is -2.30. The van der Waals surface area contributed by atoms with Crippen molar-refractivity contribution in [3.8, 4) is 0 Å². The van der Waals surface area contributed by atoms with E-state index in [0.29, 0.717) is 56.9 Å². The predicted octanol–water partition coefficient (Wildman–Crippen LogP) is 7.90. The minimum Gasteiger partial charge on any atom is -0.352 e. The number of carbonyl (C=O) groups is 3. The Hall–Kier alpha value is -3.51. The van der Waals surface area contributed by atoms with Crippen LogP contribution < -0.4 is 20.9 Å². The van der Waals surface area contributed by atoms with Crippen molar-refractivity contribution in [3.63, 3.8) is 0 Å². The van der Waals surface area contributed by atoms with Gasteiger partial charge in [0.25, 0.3) is 5.91 Å². The number of nitrogens with one attached hydrogen (secondary N) is 3. The number of aryl methyl sites for hydroxylation is 1. The van der Waals surface area contributed by atoms with E-state index in [1.54, 1.807) is 40.8 Å². The molecule has 2 heterocycles. The fourth-order valence-corrected chi connectivity index (χ4v) is 6.80. The zero-order chi connectivity index (χ0) is 35.3. The van der Waals surface area contributed by atoms with E-state index >= 15 is 0 Å². The average Bonchev–Trinajstić information content (AvgIpc) is 3.45. The summed E-state index contributed by atoms with van der Waals surface area (Å²) in [5, 5.41) is 9.63. The molecule has 9 nitrogen and oxygen atoms in total. The van der Waals surface area contributed by atoms with E-state index in [-0.39, 0.29) is 55.0 Å². The standard InChI is InChI=1S/C34H41Cl2F3N6O3/c1-32(2,3)30(48)40-16-18-7-12-22(35)28(27(18)36)43-31-42-23-13-21(29(47)41-20-10-8-19(9-11-20)34(37,38)39)24(14-25(23)44(31)6)45-17-33(4,5)15-26(45)46/h7,12-14,19-20H,8-11,15-17H2,1-6H3,(H,40,48)(H,41,47)(H,42,43). The quantitative estimate of drug-likeness (QED) is 0.231. The van der Waals surface area contributed by atoms with Gasteiger partial charge in [-0.3, -0.25) is 14.4 Å². The second kappa shape index (κ2) is 13.1. The number of rotatable bonds is 7. The van der Waals surface area contributed by atoms with Gasteiger partial charge in [-0.05, 0) is 54.9 Å². The highest BCUT2D eigenvalue weighted by Crippen LogP contribution is 2.41. The summed E-state index contributed by atoms with van der Waals surface area (Å²) >= 11 is 13.3. The molecule has 1 aliphatic heterocycles. The molecule has 3 amide bonds. The summed E-state index contributed by atoms with van der Waals surface area (Å²) in [4.78, 5) is 45.7. The molecule has 0 unspecified atom stereocenters. The molecule has 2 aliphatic rings. The molecular formula is C34H41Cl2F3N6O3. The van der Waals surface area contributed by atoms with Crippen LogP contribution in [0.1, 0.15) is 82.6 Å². The number of hydrogen-bond donors (Lipinski definition) is 3. The topological polar surface area (TPSA) is 108 Å². The Morgan fingerprint density at radius 1 is 1.06 bits per heavy atom. The molecule has 1 aromatic heterocycles. The Kier molecular flexibility index (Phi) is 9.75. The fraction of sp³-hybridized carbons (Fsp3) is 0.529. The number of halogens is 5. The van der Waals surface area contributed by atoms with Crippen molar-refractivity contribution >= 4 is 69.3 Å². The summed E-state index contributed by atoms with van der Waals surface area (Å²) in [6.07, 6.45) is -3.63. The lowest BCUT2D eigenvalue weighted by atomic mass is 9.85. The van der Waals surface area contributed by atoms with Crippen LogP contribution in [0.5, 0.6) is 0 Å². The zero-order valence-corrected chi connectivity index (χ0v) is 29.4. The fourth-order valence-electron chi connectivity index (χ4n) is 6.27. The number of alkyl halides is 3. The maximum atomic E-state index is 13.8. The number of nitrogens with zero attached hydrogens (tertiary/aromatic N) is 3. The number of amides is 3. The van der Waals surface area contributed by atoms with Crippen LogP contribution in [-0.4, -0.2) is 46.0 Å². The summed E-state index contributed by atoms with van der Waals surface area (Å²) in [5.74, 6) is -1.76. The SMILES string of the molecule is Cn1c(Nc2c(Cl)ccc(CNC(=O)C(C)(C)C)c2Cl)nc2cc(C(=O)NC3CCC(C(F)(F)F)CC3)c(N3CC(C)(C)CC3=O)cc21. The van der Waals surface area contributed by atoms with Gasteiger partial charge in [-0.2, -0.15) is 13.2 Å². The first-order valence-electron chi connectivity index (χ1n) is 16.0. The van der Waals surface area contributed by atoms with E-state index in [1.165, 1.54) is 0 Å². The molecular weight excluding hydrogens is 668 g/mol. The van der Waals surface area contributed by atoms with E-state index in [2.05, 4.69) is 16.0 Å². The molecule has 1 saturated heterocycles. The highest BCUT2D eigenvalue weighted by molar-refractivity contribution is 6.39. The molecule has 1 saturated carbocycles. The predicted molar refractivity (Wildman–Crippen MR) is 182 cm³/mol. The molecule has 0 radical (unpaired) electrons. The van der Waals surface area contributed by atoms with Gasteiger partial charge in [0.2, 0.25) is 17.8 Å². The van der Waals surface area contributed by atoms with Crippen molar-refractivity contribution in [1.29, 1.82) is 0 Å².